The van der Waals surface area contributed by atoms with E-state index in [0.29, 0.717) is 0 Å². The number of amides is 1. The molecule has 1 aromatic rings. The van der Waals surface area contributed by atoms with Crippen LogP contribution in [-0.4, -0.2) is 46.6 Å². The van der Waals surface area contributed by atoms with Crippen molar-refractivity contribution in [2.45, 2.75) is 44.8 Å². The van der Waals surface area contributed by atoms with Crippen LogP contribution in [0, 0.1) is 0 Å². The van der Waals surface area contributed by atoms with Gasteiger partial charge in [-0.3, -0.25) is 4.79 Å². The third kappa shape index (κ3) is 2.02. The molecule has 2 aliphatic rings. The highest BCUT2D eigenvalue weighted by Gasteiger charge is 2.42. The predicted octanol–water partition coefficient (Wildman–Crippen LogP) is 1.57. The molecule has 1 aromatic heterocycles. The highest BCUT2D eigenvalue weighted by atomic mass is 32.1. The van der Waals surface area contributed by atoms with Gasteiger partial charge in [-0.15, -0.1) is 11.3 Å². The first-order valence-electron chi connectivity index (χ1n) is 7.12. The van der Waals surface area contributed by atoms with Gasteiger partial charge in [0.15, 0.2) is 5.13 Å². The molecule has 1 saturated heterocycles. The fourth-order valence-electron chi connectivity index (χ4n) is 3.05. The van der Waals surface area contributed by atoms with Crippen molar-refractivity contribution < 1.29 is 9.90 Å². The standard InChI is InChI=1S/C14H21N3O2S/c1-14(2)12(19)16(3)7-8-17(14)13-15-11-9(18)5-4-6-10(11)20-13/h9,18H,4-8H2,1-3H3. The summed E-state index contributed by atoms with van der Waals surface area (Å²) in [7, 11) is 1.85. The van der Waals surface area contributed by atoms with Gasteiger partial charge in [0, 0.05) is 25.0 Å². The second-order valence-electron chi connectivity index (χ2n) is 6.15. The maximum atomic E-state index is 12.3. The molecule has 1 aliphatic heterocycles. The van der Waals surface area contributed by atoms with Crippen molar-refractivity contribution in [2.75, 3.05) is 25.0 Å². The van der Waals surface area contributed by atoms with E-state index in [1.165, 1.54) is 4.88 Å². The first-order valence-corrected chi connectivity index (χ1v) is 7.94. The molecule has 0 spiro atoms. The van der Waals surface area contributed by atoms with Gasteiger partial charge in [0.2, 0.25) is 5.91 Å². The Morgan fingerprint density at radius 3 is 2.85 bits per heavy atom. The lowest BCUT2D eigenvalue weighted by atomic mass is 9.98. The molecule has 3 rings (SSSR count). The number of piperazine rings is 1. The molecule has 0 aromatic carbocycles. The summed E-state index contributed by atoms with van der Waals surface area (Å²) in [5.41, 5.74) is 0.261. The number of likely N-dealkylation sites (N-methyl/N-ethyl adjacent to an activating group) is 1. The zero-order valence-electron chi connectivity index (χ0n) is 12.2. The van der Waals surface area contributed by atoms with E-state index in [9.17, 15) is 9.90 Å². The summed E-state index contributed by atoms with van der Waals surface area (Å²) in [6, 6.07) is 0. The highest BCUT2D eigenvalue weighted by Crippen LogP contribution is 2.39. The van der Waals surface area contributed by atoms with Gasteiger partial charge >= 0.3 is 0 Å². The number of aryl methyl sites for hydroxylation is 1. The van der Waals surface area contributed by atoms with Crippen LogP contribution in [0.2, 0.25) is 0 Å². The van der Waals surface area contributed by atoms with Crippen LogP contribution in [0.1, 0.15) is 43.4 Å². The first-order chi connectivity index (χ1) is 9.41. The molecule has 110 valence electrons. The molecule has 20 heavy (non-hydrogen) atoms. The van der Waals surface area contributed by atoms with Crippen molar-refractivity contribution in [2.24, 2.45) is 0 Å². The van der Waals surface area contributed by atoms with Crippen LogP contribution in [0.15, 0.2) is 0 Å². The lowest BCUT2D eigenvalue weighted by Crippen LogP contribution is -2.62. The minimum atomic E-state index is -0.571. The Hall–Kier alpha value is -1.14. The normalized spacial score (nSPS) is 25.8. The summed E-state index contributed by atoms with van der Waals surface area (Å²) in [4.78, 5) is 22.0. The maximum absolute atomic E-state index is 12.3. The average molecular weight is 295 g/mol. The monoisotopic (exact) mass is 295 g/mol. The molecule has 1 N–H and O–H groups in total. The van der Waals surface area contributed by atoms with Gasteiger partial charge in [0.05, 0.1) is 11.8 Å². The number of rotatable bonds is 1. The molecular formula is C14H21N3O2S. The molecule has 1 atom stereocenters. The number of carbonyl (C=O) groups excluding carboxylic acids is 1. The lowest BCUT2D eigenvalue weighted by molar-refractivity contribution is -0.136. The summed E-state index contributed by atoms with van der Waals surface area (Å²) in [6.45, 7) is 5.40. The summed E-state index contributed by atoms with van der Waals surface area (Å²) in [5, 5.41) is 10.9. The zero-order valence-corrected chi connectivity index (χ0v) is 13.0. The van der Waals surface area contributed by atoms with E-state index in [1.54, 1.807) is 16.2 Å². The van der Waals surface area contributed by atoms with Crippen LogP contribution in [-0.2, 0) is 11.2 Å². The largest absolute Gasteiger partial charge is 0.387 e. The van der Waals surface area contributed by atoms with Gasteiger partial charge < -0.3 is 14.9 Å². The van der Waals surface area contributed by atoms with Crippen molar-refractivity contribution in [1.82, 2.24) is 9.88 Å². The van der Waals surface area contributed by atoms with Crippen molar-refractivity contribution in [3.05, 3.63) is 10.6 Å². The summed E-state index contributed by atoms with van der Waals surface area (Å²) in [6.07, 6.45) is 2.36. The minimum absolute atomic E-state index is 0.123. The van der Waals surface area contributed by atoms with E-state index in [2.05, 4.69) is 9.88 Å². The van der Waals surface area contributed by atoms with E-state index >= 15 is 0 Å². The number of fused-ring (bicyclic) bond motifs is 1. The van der Waals surface area contributed by atoms with Crippen LogP contribution in [0.5, 0.6) is 0 Å². The number of anilines is 1. The van der Waals surface area contributed by atoms with E-state index in [0.717, 1.165) is 43.2 Å². The quantitative estimate of drug-likeness (QED) is 0.854. The molecule has 6 heteroatoms. The number of nitrogens with zero attached hydrogens (tertiary/aromatic N) is 3. The Balaban J connectivity index is 1.95. The van der Waals surface area contributed by atoms with Gasteiger partial charge in [0.25, 0.3) is 0 Å². The average Bonchev–Trinajstić information content (AvgIpc) is 2.81. The molecular weight excluding hydrogens is 274 g/mol. The smallest absolute Gasteiger partial charge is 0.247 e. The van der Waals surface area contributed by atoms with Gasteiger partial charge in [-0.2, -0.15) is 0 Å². The van der Waals surface area contributed by atoms with E-state index in [4.69, 9.17) is 0 Å². The Kier molecular flexibility index (Phi) is 3.25. The lowest BCUT2D eigenvalue weighted by Gasteiger charge is -2.44. The molecule has 2 heterocycles. The van der Waals surface area contributed by atoms with Crippen LogP contribution in [0.3, 0.4) is 0 Å². The number of aromatic nitrogens is 1. The molecule has 1 aliphatic carbocycles. The first kappa shape index (κ1) is 13.8. The molecule has 1 amide bonds. The molecule has 1 fully saturated rings. The second kappa shape index (κ2) is 4.70. The summed E-state index contributed by atoms with van der Waals surface area (Å²) < 4.78 is 0. The zero-order chi connectivity index (χ0) is 14.5. The number of carbonyl (C=O) groups is 1. The van der Waals surface area contributed by atoms with E-state index < -0.39 is 11.6 Å². The predicted molar refractivity (Wildman–Crippen MR) is 79.1 cm³/mol. The molecule has 0 saturated carbocycles. The molecule has 0 bridgehead atoms. The van der Waals surface area contributed by atoms with Gasteiger partial charge in [-0.05, 0) is 33.1 Å². The fourth-order valence-corrected chi connectivity index (χ4v) is 4.37. The topological polar surface area (TPSA) is 56.7 Å². The van der Waals surface area contributed by atoms with Crippen LogP contribution in [0.4, 0.5) is 5.13 Å². The van der Waals surface area contributed by atoms with Crippen molar-refractivity contribution >= 4 is 22.4 Å². The number of aliphatic hydroxyl groups excluding tert-OH is 1. The number of hydrogen-bond donors (Lipinski definition) is 1. The van der Waals surface area contributed by atoms with Crippen molar-refractivity contribution in [1.29, 1.82) is 0 Å². The van der Waals surface area contributed by atoms with E-state index in [1.807, 2.05) is 20.9 Å². The molecule has 0 radical (unpaired) electrons. The number of hydrogen-bond acceptors (Lipinski definition) is 5. The second-order valence-corrected chi connectivity index (χ2v) is 7.21. The highest BCUT2D eigenvalue weighted by molar-refractivity contribution is 7.15. The maximum Gasteiger partial charge on any atom is 0.247 e. The van der Waals surface area contributed by atoms with Gasteiger partial charge in [-0.25, -0.2) is 4.98 Å². The van der Waals surface area contributed by atoms with Crippen molar-refractivity contribution in [3.63, 3.8) is 0 Å². The minimum Gasteiger partial charge on any atom is -0.387 e. The third-order valence-corrected chi connectivity index (χ3v) is 5.50. The Labute approximate surface area is 123 Å². The SMILES string of the molecule is CN1CCN(c2nc3c(s2)CCCC3O)C(C)(C)C1=O. The Bertz CT molecular complexity index is 541. The third-order valence-electron chi connectivity index (χ3n) is 4.35. The van der Waals surface area contributed by atoms with Crippen LogP contribution in [0.25, 0.3) is 0 Å². The molecule has 5 nitrogen and oxygen atoms in total. The number of aliphatic hydroxyl groups is 1. The summed E-state index contributed by atoms with van der Waals surface area (Å²) in [5.74, 6) is 0.123. The number of thiazole rings is 1. The molecule has 1 unspecified atom stereocenters. The Morgan fingerprint density at radius 1 is 1.40 bits per heavy atom. The fraction of sp³-hybridized carbons (Fsp3) is 0.714. The van der Waals surface area contributed by atoms with Gasteiger partial charge in [0.1, 0.15) is 5.54 Å². The van der Waals surface area contributed by atoms with Crippen LogP contribution >= 0.6 is 11.3 Å². The van der Waals surface area contributed by atoms with Crippen molar-refractivity contribution in [3.8, 4) is 0 Å². The van der Waals surface area contributed by atoms with Crippen LogP contribution < -0.4 is 4.90 Å². The van der Waals surface area contributed by atoms with E-state index in [-0.39, 0.29) is 5.91 Å². The van der Waals surface area contributed by atoms with Gasteiger partial charge in [-0.1, -0.05) is 0 Å². The Morgan fingerprint density at radius 2 is 2.15 bits per heavy atom. The summed E-state index contributed by atoms with van der Waals surface area (Å²) >= 11 is 1.64.